The molecule has 3 rings (SSSR count). The average molecular weight is 330 g/mol. The topological polar surface area (TPSA) is 21.7 Å². The van der Waals surface area contributed by atoms with Crippen LogP contribution in [0.3, 0.4) is 0 Å². The van der Waals surface area contributed by atoms with E-state index in [1.54, 1.807) is 0 Å². The maximum absolute atomic E-state index is 6.15. The Morgan fingerprint density at radius 3 is 2.70 bits per heavy atom. The Morgan fingerprint density at radius 1 is 1.09 bits per heavy atom. The third kappa shape index (κ3) is 4.27. The fourth-order valence-corrected chi connectivity index (χ4v) is 2.73. The number of hydrogen-bond acceptors (Lipinski definition) is 3. The number of likely N-dealkylation sites (N-methyl/N-ethyl adjacent to an activating group) is 1. The lowest BCUT2D eigenvalue weighted by molar-refractivity contribution is 0.171. The van der Waals surface area contributed by atoms with Crippen molar-refractivity contribution >= 4 is 17.7 Å². The SMILES string of the molecule is CN(C/C=C/c1ccccc1Cl)Cc1ccc2c(c1)OCCO2. The Morgan fingerprint density at radius 2 is 1.87 bits per heavy atom. The van der Waals surface area contributed by atoms with Crippen LogP contribution in [0.1, 0.15) is 11.1 Å². The monoisotopic (exact) mass is 329 g/mol. The molecule has 0 spiro atoms. The molecule has 0 bridgehead atoms. The van der Waals surface area contributed by atoms with Crippen LogP contribution >= 0.6 is 11.6 Å². The highest BCUT2D eigenvalue weighted by atomic mass is 35.5. The zero-order valence-electron chi connectivity index (χ0n) is 13.2. The van der Waals surface area contributed by atoms with Crippen molar-refractivity contribution in [3.8, 4) is 11.5 Å². The Labute approximate surface area is 142 Å². The molecule has 4 heteroatoms. The second-order valence-electron chi connectivity index (χ2n) is 5.60. The third-order valence-corrected chi connectivity index (χ3v) is 4.02. The van der Waals surface area contributed by atoms with Crippen molar-refractivity contribution in [3.63, 3.8) is 0 Å². The van der Waals surface area contributed by atoms with Gasteiger partial charge in [-0.25, -0.2) is 0 Å². The molecule has 0 atom stereocenters. The molecule has 0 saturated carbocycles. The molecule has 0 unspecified atom stereocenters. The van der Waals surface area contributed by atoms with Crippen LogP contribution in [0.15, 0.2) is 48.5 Å². The van der Waals surface area contributed by atoms with Crippen LogP contribution in [0.25, 0.3) is 6.08 Å². The molecule has 0 fully saturated rings. The predicted octanol–water partition coefficient (Wildman–Crippen LogP) is 4.26. The van der Waals surface area contributed by atoms with E-state index in [4.69, 9.17) is 21.1 Å². The lowest BCUT2D eigenvalue weighted by Gasteiger charge is -2.20. The number of ether oxygens (including phenoxy) is 2. The summed E-state index contributed by atoms with van der Waals surface area (Å²) in [5.74, 6) is 1.68. The lowest BCUT2D eigenvalue weighted by atomic mass is 10.1. The van der Waals surface area contributed by atoms with Gasteiger partial charge in [0.05, 0.1) is 0 Å². The summed E-state index contributed by atoms with van der Waals surface area (Å²) in [6.45, 7) is 2.94. The van der Waals surface area contributed by atoms with E-state index in [0.717, 1.165) is 35.2 Å². The summed E-state index contributed by atoms with van der Waals surface area (Å²) >= 11 is 6.15. The first-order valence-electron chi connectivity index (χ1n) is 7.70. The summed E-state index contributed by atoms with van der Waals surface area (Å²) in [4.78, 5) is 2.23. The van der Waals surface area contributed by atoms with E-state index in [-0.39, 0.29) is 0 Å². The molecular weight excluding hydrogens is 310 g/mol. The molecule has 0 amide bonds. The second-order valence-corrected chi connectivity index (χ2v) is 6.01. The van der Waals surface area contributed by atoms with Crippen LogP contribution < -0.4 is 9.47 Å². The molecular formula is C19H20ClNO2. The quantitative estimate of drug-likeness (QED) is 0.818. The van der Waals surface area contributed by atoms with Gasteiger partial charge in [0.1, 0.15) is 13.2 Å². The first-order valence-corrected chi connectivity index (χ1v) is 8.08. The molecule has 0 aromatic heterocycles. The number of halogens is 1. The van der Waals surface area contributed by atoms with Crippen LogP contribution in [0.5, 0.6) is 11.5 Å². The molecule has 1 aliphatic rings. The van der Waals surface area contributed by atoms with E-state index in [0.29, 0.717) is 13.2 Å². The van der Waals surface area contributed by atoms with E-state index in [1.165, 1.54) is 5.56 Å². The van der Waals surface area contributed by atoms with Gasteiger partial charge in [-0.15, -0.1) is 0 Å². The van der Waals surface area contributed by atoms with E-state index < -0.39 is 0 Å². The zero-order chi connectivity index (χ0) is 16.1. The Hall–Kier alpha value is -1.97. The van der Waals surface area contributed by atoms with Crippen LogP contribution in [0.2, 0.25) is 5.02 Å². The zero-order valence-corrected chi connectivity index (χ0v) is 13.9. The Kier molecular flexibility index (Phi) is 5.21. The summed E-state index contributed by atoms with van der Waals surface area (Å²) in [5.41, 5.74) is 2.25. The van der Waals surface area contributed by atoms with Crippen molar-refractivity contribution in [3.05, 3.63) is 64.7 Å². The summed E-state index contributed by atoms with van der Waals surface area (Å²) in [7, 11) is 2.09. The minimum Gasteiger partial charge on any atom is -0.486 e. The van der Waals surface area contributed by atoms with Gasteiger partial charge >= 0.3 is 0 Å². The molecule has 1 heterocycles. The van der Waals surface area contributed by atoms with Crippen molar-refractivity contribution in [2.24, 2.45) is 0 Å². The van der Waals surface area contributed by atoms with Crippen LogP contribution in [-0.4, -0.2) is 31.7 Å². The number of nitrogens with zero attached hydrogens (tertiary/aromatic N) is 1. The van der Waals surface area contributed by atoms with Gasteiger partial charge in [0.2, 0.25) is 0 Å². The van der Waals surface area contributed by atoms with E-state index in [2.05, 4.69) is 36.2 Å². The summed E-state index contributed by atoms with van der Waals surface area (Å²) in [6, 6.07) is 14.0. The van der Waals surface area contributed by atoms with Crippen molar-refractivity contribution in [1.29, 1.82) is 0 Å². The number of rotatable bonds is 5. The van der Waals surface area contributed by atoms with Gasteiger partial charge in [-0.2, -0.15) is 0 Å². The van der Waals surface area contributed by atoms with Gasteiger partial charge in [0.15, 0.2) is 11.5 Å². The van der Waals surface area contributed by atoms with Crippen LogP contribution in [0, 0.1) is 0 Å². The van der Waals surface area contributed by atoms with Gasteiger partial charge in [-0.3, -0.25) is 4.90 Å². The normalized spacial score (nSPS) is 13.7. The van der Waals surface area contributed by atoms with Gasteiger partial charge in [-0.1, -0.05) is 48.0 Å². The number of benzene rings is 2. The minimum atomic E-state index is 0.618. The molecule has 2 aromatic carbocycles. The molecule has 2 aromatic rings. The van der Waals surface area contributed by atoms with Gasteiger partial charge in [0, 0.05) is 18.1 Å². The molecule has 23 heavy (non-hydrogen) atoms. The molecule has 1 aliphatic heterocycles. The smallest absolute Gasteiger partial charge is 0.161 e. The van der Waals surface area contributed by atoms with Gasteiger partial charge in [0.25, 0.3) is 0 Å². The average Bonchev–Trinajstić information content (AvgIpc) is 2.56. The molecule has 0 saturated heterocycles. The lowest BCUT2D eigenvalue weighted by Crippen LogP contribution is -2.19. The Bertz CT molecular complexity index is 700. The van der Waals surface area contributed by atoms with Crippen molar-refractivity contribution in [2.45, 2.75) is 6.54 Å². The largest absolute Gasteiger partial charge is 0.486 e. The molecule has 0 aliphatic carbocycles. The first-order chi connectivity index (χ1) is 11.2. The molecule has 0 N–H and O–H groups in total. The highest BCUT2D eigenvalue weighted by molar-refractivity contribution is 6.32. The standard InChI is InChI=1S/C19H20ClNO2/c1-21(10-4-6-16-5-2-3-7-17(16)20)14-15-8-9-18-19(13-15)23-12-11-22-18/h2-9,13H,10-12,14H2,1H3/b6-4+. The summed E-state index contributed by atoms with van der Waals surface area (Å²) in [5, 5.41) is 0.776. The van der Waals surface area contributed by atoms with Crippen molar-refractivity contribution in [2.75, 3.05) is 26.8 Å². The van der Waals surface area contributed by atoms with E-state index in [1.807, 2.05) is 30.3 Å². The maximum atomic E-state index is 6.15. The third-order valence-electron chi connectivity index (χ3n) is 3.68. The van der Waals surface area contributed by atoms with Crippen molar-refractivity contribution in [1.82, 2.24) is 4.90 Å². The van der Waals surface area contributed by atoms with Crippen LogP contribution in [0.4, 0.5) is 0 Å². The number of hydrogen-bond donors (Lipinski definition) is 0. The molecule has 0 radical (unpaired) electrons. The first kappa shape index (κ1) is 15.9. The maximum Gasteiger partial charge on any atom is 0.161 e. The minimum absolute atomic E-state index is 0.618. The summed E-state index contributed by atoms with van der Waals surface area (Å²) in [6.07, 6.45) is 4.18. The van der Waals surface area contributed by atoms with Crippen molar-refractivity contribution < 1.29 is 9.47 Å². The van der Waals surface area contributed by atoms with E-state index in [9.17, 15) is 0 Å². The fourth-order valence-electron chi connectivity index (χ4n) is 2.53. The van der Waals surface area contributed by atoms with Gasteiger partial charge in [-0.05, 0) is 36.4 Å². The van der Waals surface area contributed by atoms with Crippen LogP contribution in [-0.2, 0) is 6.54 Å². The fraction of sp³-hybridized carbons (Fsp3) is 0.263. The summed E-state index contributed by atoms with van der Waals surface area (Å²) < 4.78 is 11.2. The van der Waals surface area contributed by atoms with E-state index >= 15 is 0 Å². The second kappa shape index (κ2) is 7.53. The molecule has 120 valence electrons. The van der Waals surface area contributed by atoms with Gasteiger partial charge < -0.3 is 9.47 Å². The molecule has 3 nitrogen and oxygen atoms in total. The predicted molar refractivity (Wildman–Crippen MR) is 94.3 cm³/mol. The number of fused-ring (bicyclic) bond motifs is 1. The highest BCUT2D eigenvalue weighted by Gasteiger charge is 2.12. The Balaban J connectivity index is 1.57. The highest BCUT2D eigenvalue weighted by Crippen LogP contribution is 2.31.